The van der Waals surface area contributed by atoms with Crippen LogP contribution in [-0.2, 0) is 14.3 Å². The first kappa shape index (κ1) is 16.4. The van der Waals surface area contributed by atoms with Gasteiger partial charge in [-0.1, -0.05) is 6.07 Å². The van der Waals surface area contributed by atoms with Crippen molar-refractivity contribution in [2.45, 2.75) is 18.9 Å². The molecular weight excluding hydrogens is 283 g/mol. The molecule has 114 valence electrons. The number of esters is 1. The van der Waals surface area contributed by atoms with Crippen LogP contribution in [-0.4, -0.2) is 36.2 Å². The van der Waals surface area contributed by atoms with Crippen molar-refractivity contribution in [1.29, 1.82) is 0 Å². The van der Waals surface area contributed by atoms with Crippen LogP contribution in [0.3, 0.4) is 0 Å². The number of carboxylic acid groups (broad SMARTS) is 1. The SMILES string of the molecule is COC(=O)CCC(NC(=O)Nc1cccc(F)c1)C(=O)O. The van der Waals surface area contributed by atoms with E-state index in [0.717, 1.165) is 6.07 Å². The summed E-state index contributed by atoms with van der Waals surface area (Å²) in [7, 11) is 1.18. The summed E-state index contributed by atoms with van der Waals surface area (Å²) in [4.78, 5) is 33.6. The third-order valence-corrected chi connectivity index (χ3v) is 2.55. The van der Waals surface area contributed by atoms with Crippen LogP contribution in [0.4, 0.5) is 14.9 Å². The summed E-state index contributed by atoms with van der Waals surface area (Å²) in [5, 5.41) is 13.4. The Morgan fingerprint density at radius 1 is 1.38 bits per heavy atom. The fraction of sp³-hybridized carbons (Fsp3) is 0.308. The molecule has 8 heteroatoms. The average Bonchev–Trinajstić information content (AvgIpc) is 2.42. The molecule has 2 amide bonds. The Labute approximate surface area is 120 Å². The molecule has 0 aliphatic rings. The van der Waals surface area contributed by atoms with Crippen LogP contribution >= 0.6 is 0 Å². The number of hydrogen-bond donors (Lipinski definition) is 3. The predicted octanol–water partition coefficient (Wildman–Crippen LogP) is 1.35. The molecule has 0 radical (unpaired) electrons. The summed E-state index contributed by atoms with van der Waals surface area (Å²) < 4.78 is 17.3. The highest BCUT2D eigenvalue weighted by molar-refractivity contribution is 5.92. The van der Waals surface area contributed by atoms with E-state index in [-0.39, 0.29) is 18.5 Å². The van der Waals surface area contributed by atoms with E-state index >= 15 is 0 Å². The maximum absolute atomic E-state index is 12.9. The molecule has 0 saturated heterocycles. The number of carbonyl (C=O) groups is 3. The lowest BCUT2D eigenvalue weighted by Crippen LogP contribution is -2.43. The Hall–Kier alpha value is -2.64. The number of urea groups is 1. The van der Waals surface area contributed by atoms with Crippen LogP contribution in [0.5, 0.6) is 0 Å². The van der Waals surface area contributed by atoms with Crippen molar-refractivity contribution < 1.29 is 28.6 Å². The topological polar surface area (TPSA) is 105 Å². The van der Waals surface area contributed by atoms with Gasteiger partial charge in [-0.15, -0.1) is 0 Å². The van der Waals surface area contributed by atoms with E-state index in [9.17, 15) is 18.8 Å². The molecule has 1 rings (SSSR count). The standard InChI is InChI=1S/C13H15FN2O5/c1-21-11(17)6-5-10(12(18)19)16-13(20)15-9-4-2-3-8(14)7-9/h2-4,7,10H,5-6H2,1H3,(H,18,19)(H2,15,16,20). The predicted molar refractivity (Wildman–Crippen MR) is 71.2 cm³/mol. The van der Waals surface area contributed by atoms with Gasteiger partial charge in [-0.25, -0.2) is 14.0 Å². The maximum atomic E-state index is 12.9. The first-order valence-electron chi connectivity index (χ1n) is 6.05. The van der Waals surface area contributed by atoms with E-state index in [0.29, 0.717) is 0 Å². The monoisotopic (exact) mass is 298 g/mol. The highest BCUT2D eigenvalue weighted by Gasteiger charge is 2.21. The molecule has 0 spiro atoms. The zero-order valence-corrected chi connectivity index (χ0v) is 11.3. The molecule has 0 fully saturated rings. The Morgan fingerprint density at radius 3 is 2.67 bits per heavy atom. The van der Waals surface area contributed by atoms with Crippen LogP contribution in [0.1, 0.15) is 12.8 Å². The molecule has 0 aromatic heterocycles. The van der Waals surface area contributed by atoms with Crippen molar-refractivity contribution in [3.8, 4) is 0 Å². The summed E-state index contributed by atoms with van der Waals surface area (Å²) >= 11 is 0. The quantitative estimate of drug-likeness (QED) is 0.688. The summed E-state index contributed by atoms with van der Waals surface area (Å²) in [6.45, 7) is 0. The van der Waals surface area contributed by atoms with Crippen LogP contribution in [0.25, 0.3) is 0 Å². The molecule has 3 N–H and O–H groups in total. The van der Waals surface area contributed by atoms with E-state index in [4.69, 9.17) is 5.11 Å². The van der Waals surface area contributed by atoms with Crippen LogP contribution < -0.4 is 10.6 Å². The Balaban J connectivity index is 2.56. The molecule has 1 atom stereocenters. The summed E-state index contributed by atoms with van der Waals surface area (Å²) in [6.07, 6.45) is -0.258. The third-order valence-electron chi connectivity index (χ3n) is 2.55. The highest BCUT2D eigenvalue weighted by atomic mass is 19.1. The second-order valence-electron chi connectivity index (χ2n) is 4.11. The Kier molecular flexibility index (Phi) is 6.12. The van der Waals surface area contributed by atoms with E-state index in [1.807, 2.05) is 0 Å². The molecule has 1 aromatic rings. The van der Waals surface area contributed by atoms with Gasteiger partial charge in [-0.05, 0) is 24.6 Å². The first-order chi connectivity index (χ1) is 9.92. The smallest absolute Gasteiger partial charge is 0.326 e. The highest BCUT2D eigenvalue weighted by Crippen LogP contribution is 2.09. The lowest BCUT2D eigenvalue weighted by atomic mass is 10.1. The molecule has 0 aliphatic carbocycles. The molecule has 0 aliphatic heterocycles. The minimum Gasteiger partial charge on any atom is -0.480 e. The Bertz CT molecular complexity index is 535. The number of halogens is 1. The second kappa shape index (κ2) is 7.83. The number of hydrogen-bond acceptors (Lipinski definition) is 4. The van der Waals surface area contributed by atoms with Gasteiger partial charge >= 0.3 is 18.0 Å². The minimum absolute atomic E-state index is 0.113. The van der Waals surface area contributed by atoms with Crippen molar-refractivity contribution in [3.05, 3.63) is 30.1 Å². The summed E-state index contributed by atoms with van der Waals surface area (Å²) in [5.74, 6) is -2.39. The Morgan fingerprint density at radius 2 is 2.10 bits per heavy atom. The van der Waals surface area contributed by atoms with Gasteiger partial charge in [0.25, 0.3) is 0 Å². The van der Waals surface area contributed by atoms with Gasteiger partial charge in [0.1, 0.15) is 11.9 Å². The normalized spacial score (nSPS) is 11.3. The van der Waals surface area contributed by atoms with Crippen molar-refractivity contribution in [2.75, 3.05) is 12.4 Å². The van der Waals surface area contributed by atoms with E-state index < -0.39 is 29.8 Å². The van der Waals surface area contributed by atoms with Crippen LogP contribution in [0.15, 0.2) is 24.3 Å². The van der Waals surface area contributed by atoms with E-state index in [2.05, 4.69) is 15.4 Å². The number of anilines is 1. The molecular formula is C13H15FN2O5. The van der Waals surface area contributed by atoms with E-state index in [1.54, 1.807) is 0 Å². The molecule has 1 aromatic carbocycles. The number of aliphatic carboxylic acids is 1. The fourth-order valence-corrected chi connectivity index (χ4v) is 1.51. The number of nitrogens with one attached hydrogen (secondary N) is 2. The van der Waals surface area contributed by atoms with Crippen molar-refractivity contribution in [3.63, 3.8) is 0 Å². The number of ether oxygens (including phenoxy) is 1. The largest absolute Gasteiger partial charge is 0.480 e. The fourth-order valence-electron chi connectivity index (χ4n) is 1.51. The van der Waals surface area contributed by atoms with Gasteiger partial charge in [-0.2, -0.15) is 0 Å². The average molecular weight is 298 g/mol. The molecule has 0 bridgehead atoms. The van der Waals surface area contributed by atoms with Crippen molar-refractivity contribution >= 4 is 23.7 Å². The number of benzene rings is 1. The number of rotatable bonds is 6. The third kappa shape index (κ3) is 5.89. The molecule has 1 unspecified atom stereocenters. The number of carboxylic acids is 1. The van der Waals surface area contributed by atoms with Gasteiger partial charge in [0.05, 0.1) is 7.11 Å². The summed E-state index contributed by atoms with van der Waals surface area (Å²) in [5.41, 5.74) is 0.185. The minimum atomic E-state index is -1.28. The van der Waals surface area contributed by atoms with Gasteiger partial charge in [0.15, 0.2) is 0 Å². The zero-order chi connectivity index (χ0) is 15.8. The molecule has 0 saturated carbocycles. The zero-order valence-electron chi connectivity index (χ0n) is 11.3. The number of methoxy groups -OCH3 is 1. The van der Waals surface area contributed by atoms with Gasteiger partial charge < -0.3 is 20.5 Å². The lowest BCUT2D eigenvalue weighted by Gasteiger charge is -2.14. The van der Waals surface area contributed by atoms with Crippen molar-refractivity contribution in [2.24, 2.45) is 0 Å². The van der Waals surface area contributed by atoms with Crippen LogP contribution in [0.2, 0.25) is 0 Å². The molecule has 21 heavy (non-hydrogen) atoms. The molecule has 0 heterocycles. The van der Waals surface area contributed by atoms with E-state index in [1.165, 1.54) is 25.3 Å². The molecule has 7 nitrogen and oxygen atoms in total. The summed E-state index contributed by atoms with van der Waals surface area (Å²) in [6, 6.07) is 3.09. The number of amides is 2. The van der Waals surface area contributed by atoms with Gasteiger partial charge in [0.2, 0.25) is 0 Å². The van der Waals surface area contributed by atoms with Gasteiger partial charge in [-0.3, -0.25) is 4.79 Å². The second-order valence-corrected chi connectivity index (χ2v) is 4.11. The van der Waals surface area contributed by atoms with Crippen LogP contribution in [0, 0.1) is 5.82 Å². The maximum Gasteiger partial charge on any atom is 0.326 e. The number of carbonyl (C=O) groups excluding carboxylic acids is 2. The van der Waals surface area contributed by atoms with Crippen molar-refractivity contribution in [1.82, 2.24) is 5.32 Å². The first-order valence-corrected chi connectivity index (χ1v) is 6.05. The van der Waals surface area contributed by atoms with Gasteiger partial charge in [0, 0.05) is 12.1 Å². The lowest BCUT2D eigenvalue weighted by molar-refractivity contribution is -0.142.